The maximum atomic E-state index is 6.25. The number of para-hydroxylation sites is 1. The van der Waals surface area contributed by atoms with Crippen molar-refractivity contribution in [3.05, 3.63) is 235 Å². The summed E-state index contributed by atoms with van der Waals surface area (Å²) in [4.78, 5) is 15.2. The Morgan fingerprint density at radius 3 is 1.33 bits per heavy atom. The second kappa shape index (κ2) is 14.9. The first-order valence-electron chi connectivity index (χ1n) is 19.1. The molecular weight excluding hydrogens is 695 g/mol. The van der Waals surface area contributed by atoms with Gasteiger partial charge < -0.3 is 4.42 Å². The van der Waals surface area contributed by atoms with Gasteiger partial charge in [0.25, 0.3) is 0 Å². The minimum absolute atomic E-state index is 0.584. The summed E-state index contributed by atoms with van der Waals surface area (Å²) in [5.74, 6) is 1.79. The van der Waals surface area contributed by atoms with Crippen LogP contribution in [-0.2, 0) is 0 Å². The van der Waals surface area contributed by atoms with Crippen molar-refractivity contribution in [1.82, 2.24) is 15.0 Å². The standard InChI is InChI=1S/C53H35N3O/c1-5-17-36(18-6-1)49(37-19-7-2-8-20-37)50(38-21-9-3-10-22-38)42-27-15-25-40(33-42)41-26-16-28-43(34-41)52-54-51(39-23-11-4-12-24-39)55-53(56-52)44-31-32-46-45-29-13-14-30-47(45)57-48(46)35-44/h1-35H. The molecule has 0 unspecified atom stereocenters. The van der Waals surface area contributed by atoms with Gasteiger partial charge in [-0.05, 0) is 74.9 Å². The van der Waals surface area contributed by atoms with Crippen LogP contribution in [0.3, 0.4) is 0 Å². The lowest BCUT2D eigenvalue weighted by Gasteiger charge is -2.19. The van der Waals surface area contributed by atoms with E-state index in [1.54, 1.807) is 0 Å². The van der Waals surface area contributed by atoms with Gasteiger partial charge in [-0.2, -0.15) is 0 Å². The van der Waals surface area contributed by atoms with Crippen molar-refractivity contribution in [1.29, 1.82) is 0 Å². The molecule has 0 saturated carbocycles. The molecule has 4 heteroatoms. The maximum absolute atomic E-state index is 6.25. The molecule has 0 atom stereocenters. The van der Waals surface area contributed by atoms with Crippen LogP contribution in [0.25, 0.3) is 78.4 Å². The third kappa shape index (κ3) is 6.70. The van der Waals surface area contributed by atoms with Gasteiger partial charge in [0.1, 0.15) is 11.2 Å². The van der Waals surface area contributed by atoms with E-state index < -0.39 is 0 Å². The molecule has 0 radical (unpaired) electrons. The van der Waals surface area contributed by atoms with Gasteiger partial charge in [0, 0.05) is 27.5 Å². The number of hydrogen-bond acceptors (Lipinski definition) is 4. The lowest BCUT2D eigenvalue weighted by Crippen LogP contribution is -2.00. The number of nitrogens with zero attached hydrogens (tertiary/aromatic N) is 3. The lowest BCUT2D eigenvalue weighted by atomic mass is 9.85. The SMILES string of the molecule is c1ccc(C(=C(c2ccccc2)c2cccc(-c3cccc(-c4nc(-c5ccccc5)nc(-c5ccc6c(c5)oc5ccccc56)n4)c3)c2)c2ccccc2)cc1. The fourth-order valence-electron chi connectivity index (χ4n) is 7.63. The van der Waals surface area contributed by atoms with Crippen LogP contribution in [-0.4, -0.2) is 15.0 Å². The third-order valence-corrected chi connectivity index (χ3v) is 10.3. The summed E-state index contributed by atoms with van der Waals surface area (Å²) in [5.41, 5.74) is 13.4. The van der Waals surface area contributed by atoms with E-state index in [0.29, 0.717) is 17.5 Å². The first kappa shape index (κ1) is 33.8. The Hall–Kier alpha value is -7.69. The first-order valence-corrected chi connectivity index (χ1v) is 19.1. The normalized spacial score (nSPS) is 11.2. The van der Waals surface area contributed by atoms with Crippen LogP contribution in [0.5, 0.6) is 0 Å². The summed E-state index contributed by atoms with van der Waals surface area (Å²) in [7, 11) is 0. The van der Waals surface area contributed by atoms with E-state index in [9.17, 15) is 0 Å². The zero-order chi connectivity index (χ0) is 38.0. The Bertz CT molecular complexity index is 3000. The molecule has 2 heterocycles. The maximum Gasteiger partial charge on any atom is 0.164 e. The molecule has 10 aromatic rings. The van der Waals surface area contributed by atoms with Crippen LogP contribution >= 0.6 is 0 Å². The monoisotopic (exact) mass is 729 g/mol. The molecule has 0 N–H and O–H groups in total. The topological polar surface area (TPSA) is 51.8 Å². The molecule has 0 fully saturated rings. The first-order chi connectivity index (χ1) is 28.2. The summed E-state index contributed by atoms with van der Waals surface area (Å²) in [6, 6.07) is 73.7. The number of hydrogen-bond donors (Lipinski definition) is 0. The molecule has 8 aromatic carbocycles. The fraction of sp³-hybridized carbons (Fsp3) is 0. The summed E-state index contributed by atoms with van der Waals surface area (Å²) in [6.45, 7) is 0. The summed E-state index contributed by atoms with van der Waals surface area (Å²) < 4.78 is 6.25. The van der Waals surface area contributed by atoms with Gasteiger partial charge in [-0.15, -0.1) is 0 Å². The highest BCUT2D eigenvalue weighted by molar-refractivity contribution is 6.06. The predicted octanol–water partition coefficient (Wildman–Crippen LogP) is 13.4. The van der Waals surface area contributed by atoms with Gasteiger partial charge in [-0.1, -0.05) is 182 Å². The molecule has 10 rings (SSSR count). The average Bonchev–Trinajstić information content (AvgIpc) is 3.67. The van der Waals surface area contributed by atoms with Gasteiger partial charge in [0.15, 0.2) is 17.5 Å². The van der Waals surface area contributed by atoms with Gasteiger partial charge in [-0.25, -0.2) is 15.0 Å². The van der Waals surface area contributed by atoms with Crippen LogP contribution < -0.4 is 0 Å². The minimum atomic E-state index is 0.584. The number of fused-ring (bicyclic) bond motifs is 3. The molecular formula is C53H35N3O. The van der Waals surface area contributed by atoms with E-state index in [2.05, 4.69) is 158 Å². The van der Waals surface area contributed by atoms with Crippen molar-refractivity contribution in [3.63, 3.8) is 0 Å². The largest absolute Gasteiger partial charge is 0.456 e. The molecule has 2 aromatic heterocycles. The average molecular weight is 730 g/mol. The summed E-state index contributed by atoms with van der Waals surface area (Å²) >= 11 is 0. The number of aromatic nitrogens is 3. The molecule has 57 heavy (non-hydrogen) atoms. The van der Waals surface area contributed by atoms with E-state index in [0.717, 1.165) is 72.0 Å². The van der Waals surface area contributed by atoms with Crippen LogP contribution in [0.1, 0.15) is 22.3 Å². The van der Waals surface area contributed by atoms with Gasteiger partial charge in [-0.3, -0.25) is 0 Å². The van der Waals surface area contributed by atoms with Crippen LogP contribution in [0.4, 0.5) is 0 Å². The Morgan fingerprint density at radius 2 is 0.702 bits per heavy atom. The van der Waals surface area contributed by atoms with Crippen molar-refractivity contribution in [3.8, 4) is 45.3 Å². The molecule has 0 amide bonds. The molecule has 0 aliphatic rings. The predicted molar refractivity (Wildman–Crippen MR) is 233 cm³/mol. The molecule has 0 spiro atoms. The van der Waals surface area contributed by atoms with E-state index in [4.69, 9.17) is 19.4 Å². The molecule has 0 aliphatic carbocycles. The van der Waals surface area contributed by atoms with E-state index in [1.807, 2.05) is 54.6 Å². The smallest absolute Gasteiger partial charge is 0.164 e. The Balaban J connectivity index is 1.11. The molecule has 0 aliphatic heterocycles. The molecule has 0 bridgehead atoms. The summed E-state index contributed by atoms with van der Waals surface area (Å²) in [6.07, 6.45) is 0. The van der Waals surface area contributed by atoms with Crippen LogP contribution in [0.15, 0.2) is 217 Å². The van der Waals surface area contributed by atoms with E-state index in [1.165, 1.54) is 11.1 Å². The quantitative estimate of drug-likeness (QED) is 0.146. The van der Waals surface area contributed by atoms with Gasteiger partial charge in [0.05, 0.1) is 0 Å². The zero-order valence-corrected chi connectivity index (χ0v) is 31.0. The second-order valence-electron chi connectivity index (χ2n) is 14.0. The fourth-order valence-corrected chi connectivity index (χ4v) is 7.63. The number of furan rings is 1. The van der Waals surface area contributed by atoms with Crippen LogP contribution in [0, 0.1) is 0 Å². The van der Waals surface area contributed by atoms with Crippen molar-refractivity contribution in [2.75, 3.05) is 0 Å². The van der Waals surface area contributed by atoms with E-state index >= 15 is 0 Å². The third-order valence-electron chi connectivity index (χ3n) is 10.3. The highest BCUT2D eigenvalue weighted by Gasteiger charge is 2.18. The highest BCUT2D eigenvalue weighted by Crippen LogP contribution is 2.39. The van der Waals surface area contributed by atoms with Gasteiger partial charge >= 0.3 is 0 Å². The Labute approximate surface area is 331 Å². The number of rotatable bonds is 8. The highest BCUT2D eigenvalue weighted by atomic mass is 16.3. The zero-order valence-electron chi connectivity index (χ0n) is 31.0. The van der Waals surface area contributed by atoms with E-state index in [-0.39, 0.29) is 0 Å². The summed E-state index contributed by atoms with van der Waals surface area (Å²) in [5, 5.41) is 2.15. The molecule has 268 valence electrons. The minimum Gasteiger partial charge on any atom is -0.456 e. The van der Waals surface area contributed by atoms with Crippen molar-refractivity contribution >= 4 is 33.1 Å². The van der Waals surface area contributed by atoms with Gasteiger partial charge in [0.2, 0.25) is 0 Å². The van der Waals surface area contributed by atoms with Crippen LogP contribution in [0.2, 0.25) is 0 Å². The Morgan fingerprint density at radius 1 is 0.281 bits per heavy atom. The lowest BCUT2D eigenvalue weighted by molar-refractivity contribution is 0.669. The molecule has 0 saturated heterocycles. The van der Waals surface area contributed by atoms with Crippen molar-refractivity contribution in [2.24, 2.45) is 0 Å². The molecule has 4 nitrogen and oxygen atoms in total. The van der Waals surface area contributed by atoms with Crippen molar-refractivity contribution in [2.45, 2.75) is 0 Å². The second-order valence-corrected chi connectivity index (χ2v) is 14.0. The van der Waals surface area contributed by atoms with Crippen molar-refractivity contribution < 1.29 is 4.42 Å². The number of benzene rings is 8. The Kier molecular flexibility index (Phi) is 8.82.